The van der Waals surface area contributed by atoms with Gasteiger partial charge in [0.25, 0.3) is 0 Å². The highest BCUT2D eigenvalue weighted by Crippen LogP contribution is 2.07. The summed E-state index contributed by atoms with van der Waals surface area (Å²) in [6.07, 6.45) is 1.91. The van der Waals surface area contributed by atoms with Crippen molar-refractivity contribution in [2.75, 3.05) is 11.9 Å². The zero-order chi connectivity index (χ0) is 13.2. The van der Waals surface area contributed by atoms with E-state index in [0.29, 0.717) is 36.1 Å². The number of rotatable bonds is 4. The van der Waals surface area contributed by atoms with E-state index < -0.39 is 0 Å². The number of nitrogens with one attached hydrogen (secondary N) is 2. The third-order valence-corrected chi connectivity index (χ3v) is 2.63. The molecule has 3 rings (SSSR count). The predicted molar refractivity (Wildman–Crippen MR) is 64.8 cm³/mol. The Bertz CT molecular complexity index is 743. The maximum absolute atomic E-state index is 11.4. The lowest BCUT2D eigenvalue weighted by molar-refractivity contribution is 0.410. The third kappa shape index (κ3) is 2.17. The summed E-state index contributed by atoms with van der Waals surface area (Å²) in [5.74, 6) is 1.84. The second kappa shape index (κ2) is 4.52. The first-order valence-electron chi connectivity index (χ1n) is 5.68. The minimum absolute atomic E-state index is 0.293. The Hall–Kier alpha value is -2.71. The molecule has 0 amide bonds. The van der Waals surface area contributed by atoms with Gasteiger partial charge in [-0.15, -0.1) is 0 Å². The van der Waals surface area contributed by atoms with E-state index in [1.54, 1.807) is 13.0 Å². The standard InChI is InChI=1S/C10H11N7O2/c1-6-13-8(4-9-14-15-10(18)17(6)9)11-3-2-7-12-5-19-16-7/h4-5,11H,2-3H2,1H3,(H,15,18). The van der Waals surface area contributed by atoms with Crippen LogP contribution in [-0.2, 0) is 6.42 Å². The SMILES string of the molecule is Cc1nc(NCCc2ncon2)cc2n[nH]c(=O)n12. The summed E-state index contributed by atoms with van der Waals surface area (Å²) in [5, 5.41) is 13.1. The molecule has 0 aliphatic carbocycles. The highest BCUT2D eigenvalue weighted by molar-refractivity contribution is 5.49. The van der Waals surface area contributed by atoms with Crippen molar-refractivity contribution >= 4 is 11.5 Å². The molecule has 0 aromatic carbocycles. The molecule has 0 saturated heterocycles. The van der Waals surface area contributed by atoms with Gasteiger partial charge in [0.05, 0.1) is 0 Å². The van der Waals surface area contributed by atoms with E-state index in [0.717, 1.165) is 0 Å². The Morgan fingerprint density at radius 1 is 1.53 bits per heavy atom. The highest BCUT2D eigenvalue weighted by atomic mass is 16.5. The van der Waals surface area contributed by atoms with Gasteiger partial charge >= 0.3 is 5.69 Å². The summed E-state index contributed by atoms with van der Waals surface area (Å²) in [6, 6.07) is 1.70. The van der Waals surface area contributed by atoms with Gasteiger partial charge in [0.2, 0.25) is 6.39 Å². The van der Waals surface area contributed by atoms with E-state index in [2.05, 4.69) is 35.2 Å². The van der Waals surface area contributed by atoms with Crippen LogP contribution in [0.5, 0.6) is 0 Å². The smallest absolute Gasteiger partial charge is 0.349 e. The number of nitrogens with zero attached hydrogens (tertiary/aromatic N) is 5. The molecule has 2 N–H and O–H groups in total. The average molecular weight is 261 g/mol. The van der Waals surface area contributed by atoms with E-state index in [-0.39, 0.29) is 5.69 Å². The van der Waals surface area contributed by atoms with Crippen molar-refractivity contribution < 1.29 is 4.52 Å². The first kappa shape index (κ1) is 11.4. The number of anilines is 1. The first-order valence-corrected chi connectivity index (χ1v) is 5.68. The van der Waals surface area contributed by atoms with Crippen molar-refractivity contribution in [2.45, 2.75) is 13.3 Å². The van der Waals surface area contributed by atoms with Crippen LogP contribution in [0.3, 0.4) is 0 Å². The molecule has 0 aliphatic rings. The van der Waals surface area contributed by atoms with Crippen molar-refractivity contribution in [3.8, 4) is 0 Å². The topological polar surface area (TPSA) is 114 Å². The molecule has 3 aromatic heterocycles. The number of aryl methyl sites for hydroxylation is 1. The van der Waals surface area contributed by atoms with E-state index in [9.17, 15) is 4.79 Å². The van der Waals surface area contributed by atoms with Crippen LogP contribution in [0.2, 0.25) is 0 Å². The average Bonchev–Trinajstić information content (AvgIpc) is 3.00. The molecule has 0 spiro atoms. The van der Waals surface area contributed by atoms with Gasteiger partial charge < -0.3 is 9.84 Å². The number of fused-ring (bicyclic) bond motifs is 1. The zero-order valence-electron chi connectivity index (χ0n) is 10.1. The molecule has 0 radical (unpaired) electrons. The molecular weight excluding hydrogens is 250 g/mol. The van der Waals surface area contributed by atoms with Gasteiger partial charge in [0.1, 0.15) is 11.6 Å². The molecule has 0 fully saturated rings. The number of hydrogen-bond donors (Lipinski definition) is 2. The van der Waals surface area contributed by atoms with E-state index in [1.807, 2.05) is 0 Å². The van der Waals surface area contributed by atoms with E-state index in [4.69, 9.17) is 0 Å². The Morgan fingerprint density at radius 3 is 3.21 bits per heavy atom. The molecule has 9 heteroatoms. The van der Waals surface area contributed by atoms with Gasteiger partial charge in [-0.05, 0) is 6.92 Å². The van der Waals surface area contributed by atoms with Gasteiger partial charge in [0.15, 0.2) is 11.5 Å². The normalized spacial score (nSPS) is 11.0. The van der Waals surface area contributed by atoms with Gasteiger partial charge in [-0.3, -0.25) is 0 Å². The fourth-order valence-electron chi connectivity index (χ4n) is 1.79. The van der Waals surface area contributed by atoms with Crippen LogP contribution < -0.4 is 11.0 Å². The molecule has 0 saturated carbocycles. The van der Waals surface area contributed by atoms with Crippen molar-refractivity contribution in [3.05, 3.63) is 34.6 Å². The molecule has 0 bridgehead atoms. The van der Waals surface area contributed by atoms with Crippen LogP contribution >= 0.6 is 0 Å². The Balaban J connectivity index is 1.76. The van der Waals surface area contributed by atoms with Crippen LogP contribution in [0.1, 0.15) is 11.6 Å². The third-order valence-electron chi connectivity index (χ3n) is 2.63. The molecule has 3 heterocycles. The van der Waals surface area contributed by atoms with Crippen LogP contribution in [0.25, 0.3) is 5.65 Å². The monoisotopic (exact) mass is 261 g/mol. The molecule has 0 aliphatic heterocycles. The second-order valence-corrected chi connectivity index (χ2v) is 3.94. The fourth-order valence-corrected chi connectivity index (χ4v) is 1.79. The summed E-state index contributed by atoms with van der Waals surface area (Å²) in [5.41, 5.74) is 0.234. The van der Waals surface area contributed by atoms with Gasteiger partial charge in [0, 0.05) is 19.0 Å². The second-order valence-electron chi connectivity index (χ2n) is 3.94. The number of aromatic amines is 1. The lowest BCUT2D eigenvalue weighted by Crippen LogP contribution is -2.14. The largest absolute Gasteiger partial charge is 0.369 e. The van der Waals surface area contributed by atoms with Crippen molar-refractivity contribution in [1.82, 2.24) is 29.7 Å². The van der Waals surface area contributed by atoms with Crippen LogP contribution in [0, 0.1) is 6.92 Å². The van der Waals surface area contributed by atoms with Gasteiger partial charge in [-0.25, -0.2) is 19.3 Å². The van der Waals surface area contributed by atoms with Crippen molar-refractivity contribution in [2.24, 2.45) is 0 Å². The lowest BCUT2D eigenvalue weighted by Gasteiger charge is -2.05. The summed E-state index contributed by atoms with van der Waals surface area (Å²) < 4.78 is 6.05. The zero-order valence-corrected chi connectivity index (χ0v) is 10.1. The molecular formula is C10H11N7O2. The van der Waals surface area contributed by atoms with Crippen LogP contribution in [-0.4, -0.2) is 36.3 Å². The Kier molecular flexibility index (Phi) is 2.71. The minimum Gasteiger partial charge on any atom is -0.369 e. The molecule has 19 heavy (non-hydrogen) atoms. The summed E-state index contributed by atoms with van der Waals surface area (Å²) in [4.78, 5) is 19.6. The van der Waals surface area contributed by atoms with Crippen LogP contribution in [0.4, 0.5) is 5.82 Å². The summed E-state index contributed by atoms with van der Waals surface area (Å²) >= 11 is 0. The quantitative estimate of drug-likeness (QED) is 0.666. The van der Waals surface area contributed by atoms with Crippen LogP contribution in [0.15, 0.2) is 21.8 Å². The van der Waals surface area contributed by atoms with E-state index in [1.165, 1.54) is 10.8 Å². The highest BCUT2D eigenvalue weighted by Gasteiger charge is 2.06. The maximum atomic E-state index is 11.4. The maximum Gasteiger partial charge on any atom is 0.349 e. The van der Waals surface area contributed by atoms with Gasteiger partial charge in [-0.1, -0.05) is 5.16 Å². The predicted octanol–water partition coefficient (Wildman–Crippen LogP) is -0.236. The Labute approximate surface area is 106 Å². The molecule has 0 atom stereocenters. The van der Waals surface area contributed by atoms with E-state index >= 15 is 0 Å². The number of H-pyrrole nitrogens is 1. The first-order chi connectivity index (χ1) is 9.24. The number of aromatic nitrogens is 6. The minimum atomic E-state index is -0.293. The van der Waals surface area contributed by atoms with Gasteiger partial charge in [-0.2, -0.15) is 10.1 Å². The molecule has 3 aromatic rings. The molecule has 98 valence electrons. The summed E-state index contributed by atoms with van der Waals surface area (Å²) in [6.45, 7) is 2.35. The fraction of sp³-hybridized carbons (Fsp3) is 0.300. The summed E-state index contributed by atoms with van der Waals surface area (Å²) in [7, 11) is 0. The molecule has 9 nitrogen and oxygen atoms in total. The lowest BCUT2D eigenvalue weighted by atomic mass is 10.4. The van der Waals surface area contributed by atoms with Crippen molar-refractivity contribution in [3.63, 3.8) is 0 Å². The molecule has 0 unspecified atom stereocenters. The van der Waals surface area contributed by atoms with Crippen molar-refractivity contribution in [1.29, 1.82) is 0 Å². The number of hydrogen-bond acceptors (Lipinski definition) is 7. The Morgan fingerprint density at radius 2 is 2.42 bits per heavy atom.